The zero-order valence-corrected chi connectivity index (χ0v) is 13.8. The van der Waals surface area contributed by atoms with Gasteiger partial charge in [0.2, 0.25) is 0 Å². The van der Waals surface area contributed by atoms with E-state index in [1.807, 2.05) is 12.1 Å². The second-order valence-corrected chi connectivity index (χ2v) is 6.68. The van der Waals surface area contributed by atoms with Crippen LogP contribution in [-0.2, 0) is 17.7 Å². The number of rotatable bonds is 5. The van der Waals surface area contributed by atoms with Crippen LogP contribution in [0, 0.1) is 0 Å². The summed E-state index contributed by atoms with van der Waals surface area (Å²) in [5.74, 6) is 0. The molecule has 0 bridgehead atoms. The van der Waals surface area contributed by atoms with Gasteiger partial charge in [-0.1, -0.05) is 46.9 Å². The van der Waals surface area contributed by atoms with Crippen LogP contribution in [0.1, 0.15) is 5.56 Å². The summed E-state index contributed by atoms with van der Waals surface area (Å²) in [6.45, 7) is 0. The molecule has 16 heavy (non-hydrogen) atoms. The molecule has 4 radical (unpaired) electrons. The highest BCUT2D eigenvalue weighted by molar-refractivity contribution is 14.1. The third-order valence-electron chi connectivity index (χ3n) is 2.27. The Morgan fingerprint density at radius 1 is 1.00 bits per heavy atom. The highest BCUT2D eigenvalue weighted by Crippen LogP contribution is 2.09. The zero-order valence-electron chi connectivity index (χ0n) is 9.62. The zero-order chi connectivity index (χ0) is 11.3. The highest BCUT2D eigenvalue weighted by Gasteiger charge is 2.40. The lowest BCUT2D eigenvalue weighted by Crippen LogP contribution is -2.54. The number of hydrogen-bond acceptors (Lipinski definition) is 3. The molecule has 0 aliphatic rings. The molecule has 0 spiro atoms. The van der Waals surface area contributed by atoms with Crippen LogP contribution >= 0.6 is 22.6 Å². The van der Waals surface area contributed by atoms with Crippen molar-refractivity contribution in [2.24, 2.45) is 0 Å². The molecule has 0 aromatic heterocycles. The van der Waals surface area contributed by atoms with E-state index in [4.69, 9.17) is 13.3 Å². The second-order valence-electron chi connectivity index (χ2n) is 3.00. The first kappa shape index (κ1) is 16.3. The largest absolute Gasteiger partial charge is 0.536 e. The monoisotopic (exact) mass is 366 g/mol. The van der Waals surface area contributed by atoms with Crippen molar-refractivity contribution in [1.82, 2.24) is 0 Å². The van der Waals surface area contributed by atoms with Gasteiger partial charge in [0.1, 0.15) is 0 Å². The molecule has 0 amide bonds. The Balaban J connectivity index is 0.00000225. The molecule has 0 N–H and O–H groups in total. The summed E-state index contributed by atoms with van der Waals surface area (Å²) < 4.78 is 17.2. The van der Waals surface area contributed by atoms with Crippen molar-refractivity contribution in [3.8, 4) is 0 Å². The van der Waals surface area contributed by atoms with Crippen LogP contribution in [0.2, 0.25) is 0 Å². The van der Waals surface area contributed by atoms with Gasteiger partial charge < -0.3 is 13.3 Å². The first-order valence-electron chi connectivity index (χ1n) is 4.53. The fourth-order valence-electron chi connectivity index (χ4n) is 1.40. The minimum absolute atomic E-state index is 0. The van der Waals surface area contributed by atoms with Crippen LogP contribution in [0.4, 0.5) is 0 Å². The number of benzene rings is 1. The number of halogens is 1. The molecule has 0 atom stereocenters. The van der Waals surface area contributed by atoms with Crippen molar-refractivity contribution in [1.29, 1.82) is 0 Å². The second kappa shape index (κ2) is 7.56. The van der Waals surface area contributed by atoms with Crippen LogP contribution in [0.5, 0.6) is 0 Å². The first-order chi connectivity index (χ1) is 7.22. The van der Waals surface area contributed by atoms with Gasteiger partial charge in [-0.2, -0.15) is 0 Å². The van der Waals surface area contributed by atoms with E-state index in [-0.39, 0.29) is 11.0 Å². The maximum Gasteiger partial charge on any atom is 0.536 e. The fourth-order valence-corrected chi connectivity index (χ4v) is 3.69. The van der Waals surface area contributed by atoms with E-state index in [1.165, 1.54) is 5.56 Å². The maximum absolute atomic E-state index is 5.39. The van der Waals surface area contributed by atoms with Crippen LogP contribution < -0.4 is 5.19 Å². The minimum Gasteiger partial charge on any atom is -0.373 e. The summed E-state index contributed by atoms with van der Waals surface area (Å²) in [5.41, 5.74) is 1.28. The van der Waals surface area contributed by atoms with Crippen molar-refractivity contribution < 1.29 is 13.3 Å². The summed E-state index contributed by atoms with van der Waals surface area (Å²) in [5, 5.41) is 0.989. The van der Waals surface area contributed by atoms with E-state index in [1.54, 1.807) is 21.3 Å². The Morgan fingerprint density at radius 2 is 1.44 bits per heavy atom. The summed E-state index contributed by atoms with van der Waals surface area (Å²) in [4.78, 5) is 0. The van der Waals surface area contributed by atoms with Gasteiger partial charge in [-0.05, 0) is 5.56 Å². The Bertz CT molecular complexity index is 293. The van der Waals surface area contributed by atoms with Crippen molar-refractivity contribution in [2.75, 3.05) is 21.3 Å². The van der Waals surface area contributed by atoms with Crippen molar-refractivity contribution in [3.63, 3.8) is 0 Å². The van der Waals surface area contributed by atoms with Gasteiger partial charge in [-0.25, -0.2) is 0 Å². The molecule has 0 saturated heterocycles. The molecule has 6 heteroatoms. The lowest BCUT2D eigenvalue weighted by Gasteiger charge is -2.24. The fraction of sp³-hybridized carbons (Fsp3) is 0.400. The molecular weight excluding hydrogens is 351 g/mol. The van der Waals surface area contributed by atoms with E-state index in [9.17, 15) is 0 Å². The van der Waals surface area contributed by atoms with E-state index >= 15 is 0 Å². The lowest BCUT2D eigenvalue weighted by atomic mass is 10.2. The van der Waals surface area contributed by atoms with Gasteiger partial charge in [0, 0.05) is 41.9 Å². The predicted octanol–water partition coefficient (Wildman–Crippen LogP) is 1.33. The molecular formula is C10H15IO3Si2. The lowest BCUT2D eigenvalue weighted by molar-refractivity contribution is 0.140. The van der Waals surface area contributed by atoms with Crippen LogP contribution in [0.3, 0.4) is 0 Å². The molecule has 0 heterocycles. The smallest absolute Gasteiger partial charge is 0.373 e. The summed E-state index contributed by atoms with van der Waals surface area (Å²) in [6, 6.07) is 8.16. The van der Waals surface area contributed by atoms with Gasteiger partial charge in [0.15, 0.2) is 0 Å². The highest BCUT2D eigenvalue weighted by atomic mass is 127. The molecule has 1 rings (SSSR count). The van der Waals surface area contributed by atoms with E-state index < -0.39 is 8.80 Å². The van der Waals surface area contributed by atoms with E-state index in [0.29, 0.717) is 0 Å². The normalized spacial score (nSPS) is 11.0. The van der Waals surface area contributed by atoms with Crippen molar-refractivity contribution >= 4 is 47.5 Å². The Labute approximate surface area is 116 Å². The molecule has 0 saturated carbocycles. The molecule has 0 aliphatic carbocycles. The molecule has 0 aliphatic heterocycles. The van der Waals surface area contributed by atoms with E-state index in [0.717, 1.165) is 9.61 Å². The summed E-state index contributed by atoms with van der Waals surface area (Å²) in [6.07, 6.45) is 0. The molecule has 88 valence electrons. The van der Waals surface area contributed by atoms with Gasteiger partial charge in [-0.3, -0.25) is 0 Å². The Hall–Kier alpha value is 0.264. The third-order valence-corrected chi connectivity index (χ3v) is 5.80. The Morgan fingerprint density at radius 3 is 1.75 bits per heavy atom. The minimum atomic E-state index is -2.63. The topological polar surface area (TPSA) is 27.7 Å². The van der Waals surface area contributed by atoms with Crippen LogP contribution in [0.25, 0.3) is 0 Å². The van der Waals surface area contributed by atoms with Gasteiger partial charge in [0.25, 0.3) is 0 Å². The molecule has 3 nitrogen and oxygen atoms in total. The molecule has 0 unspecified atom stereocenters. The Kier molecular flexibility index (Phi) is 7.69. The van der Waals surface area contributed by atoms with Gasteiger partial charge in [-0.15, -0.1) is 0 Å². The molecule has 0 fully saturated rings. The summed E-state index contributed by atoms with van der Waals surface area (Å²) >= 11 is 2.33. The van der Waals surface area contributed by atoms with Crippen LogP contribution in [-0.4, -0.2) is 41.1 Å². The van der Waals surface area contributed by atoms with Gasteiger partial charge in [0.05, 0.1) is 0 Å². The van der Waals surface area contributed by atoms with Gasteiger partial charge >= 0.3 is 8.80 Å². The maximum atomic E-state index is 5.39. The SMILES string of the molecule is CO[Si](OC)(OC)c1ccc(CI)cc1.[Si]. The van der Waals surface area contributed by atoms with Crippen molar-refractivity contribution in [3.05, 3.63) is 29.8 Å². The van der Waals surface area contributed by atoms with Crippen LogP contribution in [0.15, 0.2) is 24.3 Å². The van der Waals surface area contributed by atoms with E-state index in [2.05, 4.69) is 34.7 Å². The molecule has 1 aromatic rings. The number of alkyl halides is 1. The molecule has 1 aromatic carbocycles. The average Bonchev–Trinajstić information content (AvgIpc) is 2.33. The average molecular weight is 366 g/mol. The first-order valence-corrected chi connectivity index (χ1v) is 7.78. The standard InChI is InChI=1S/C10H15IO3Si.Si/c1-12-15(13-2,14-3)10-6-4-9(8-11)5-7-10;/h4-7H,8H2,1-3H3;. The quantitative estimate of drug-likeness (QED) is 0.447. The predicted molar refractivity (Wildman–Crippen MR) is 76.3 cm³/mol. The number of hydrogen-bond donors (Lipinski definition) is 0. The third kappa shape index (κ3) is 3.38. The van der Waals surface area contributed by atoms with Crippen molar-refractivity contribution in [2.45, 2.75) is 4.43 Å². The summed E-state index contributed by atoms with van der Waals surface area (Å²) in [7, 11) is 2.22.